The molecule has 0 amide bonds. The van der Waals surface area contributed by atoms with E-state index in [2.05, 4.69) is 0 Å². The lowest BCUT2D eigenvalue weighted by molar-refractivity contribution is -0.289. The van der Waals surface area contributed by atoms with Gasteiger partial charge in [-0.05, 0) is 71.8 Å². The Morgan fingerprint density at radius 1 is 0.778 bits per heavy atom. The van der Waals surface area contributed by atoms with Crippen molar-refractivity contribution in [2.24, 2.45) is 0 Å². The lowest BCUT2D eigenvalue weighted by Crippen LogP contribution is -2.61. The maximum absolute atomic E-state index is 12.8. The van der Waals surface area contributed by atoms with Crippen molar-refractivity contribution < 1.29 is 63.6 Å². The number of hydrogen-bond acceptors (Lipinski definition) is 13. The van der Waals surface area contributed by atoms with Crippen molar-refractivity contribution in [3.63, 3.8) is 0 Å². The van der Waals surface area contributed by atoms with E-state index in [0.717, 1.165) is 12.2 Å². The third-order valence-electron chi connectivity index (χ3n) is 6.53. The second-order valence-corrected chi connectivity index (χ2v) is 9.70. The summed E-state index contributed by atoms with van der Waals surface area (Å²) in [7, 11) is 1.36. The van der Waals surface area contributed by atoms with Gasteiger partial charge >= 0.3 is 17.9 Å². The molecule has 1 aliphatic rings. The number of hydrogen-bond donors (Lipinski definition) is 5. The minimum Gasteiger partial charge on any atom is -0.508 e. The van der Waals surface area contributed by atoms with Gasteiger partial charge in [0.2, 0.25) is 6.29 Å². The lowest BCUT2D eigenvalue weighted by Gasteiger charge is -2.40. The molecule has 0 aromatic heterocycles. The molecule has 0 bridgehead atoms. The molecule has 1 aliphatic heterocycles. The van der Waals surface area contributed by atoms with Gasteiger partial charge in [0, 0.05) is 12.2 Å². The second kappa shape index (κ2) is 14.9. The molecule has 45 heavy (non-hydrogen) atoms. The summed E-state index contributed by atoms with van der Waals surface area (Å²) < 4.78 is 26.5. The maximum Gasteiger partial charge on any atom is 0.340 e. The summed E-state index contributed by atoms with van der Waals surface area (Å²) in [5.74, 6) is -2.80. The molecular weight excluding hydrogens is 592 g/mol. The van der Waals surface area contributed by atoms with Crippen LogP contribution in [0.2, 0.25) is 0 Å². The molecule has 13 heteroatoms. The standard InChI is InChI=1S/C32H30O13/c1-41-24-16-19(4-13-23(24)35)6-15-27(37)44-30-29(39)28(38)25(17-42-26(36)14-5-18-2-9-21(33)10-3-18)43-32(30)45-31(40)20-7-11-22(34)12-8-20/h2-16,25,28-30,32-35,38-39H,17H2,1H3/b14-5+,15-6+/t25-,28-,29+,30-,32+/m1/s1. The Bertz CT molecular complexity index is 1550. The predicted molar refractivity (Wildman–Crippen MR) is 156 cm³/mol. The van der Waals surface area contributed by atoms with Gasteiger partial charge in [-0.25, -0.2) is 14.4 Å². The fourth-order valence-corrected chi connectivity index (χ4v) is 4.13. The van der Waals surface area contributed by atoms with Gasteiger partial charge in [0.25, 0.3) is 0 Å². The number of ether oxygens (including phenoxy) is 5. The van der Waals surface area contributed by atoms with Crippen molar-refractivity contribution in [3.8, 4) is 23.0 Å². The molecule has 5 N–H and O–H groups in total. The summed E-state index contributed by atoms with van der Waals surface area (Å²) >= 11 is 0. The normalized spacial score (nSPS) is 21.4. The fourth-order valence-electron chi connectivity index (χ4n) is 4.13. The number of benzene rings is 3. The van der Waals surface area contributed by atoms with E-state index in [0.29, 0.717) is 11.1 Å². The molecule has 1 heterocycles. The summed E-state index contributed by atoms with van der Waals surface area (Å²) in [6.45, 7) is -0.576. The number of aliphatic hydroxyl groups is 2. The van der Waals surface area contributed by atoms with Crippen molar-refractivity contribution in [1.82, 2.24) is 0 Å². The fraction of sp³-hybridized carbons (Fsp3) is 0.219. The molecule has 1 fully saturated rings. The van der Waals surface area contributed by atoms with Crippen LogP contribution < -0.4 is 4.74 Å². The smallest absolute Gasteiger partial charge is 0.340 e. The number of carbonyl (C=O) groups excluding carboxylic acids is 3. The van der Waals surface area contributed by atoms with Crippen LogP contribution in [-0.4, -0.2) is 87.9 Å². The first-order valence-electron chi connectivity index (χ1n) is 13.4. The molecule has 236 valence electrons. The van der Waals surface area contributed by atoms with Gasteiger partial charge in [-0.15, -0.1) is 0 Å². The molecule has 0 unspecified atom stereocenters. The molecule has 0 aliphatic carbocycles. The van der Waals surface area contributed by atoms with Gasteiger partial charge in [0.1, 0.15) is 36.4 Å². The number of aliphatic hydroxyl groups excluding tert-OH is 2. The molecule has 0 spiro atoms. The third-order valence-corrected chi connectivity index (χ3v) is 6.53. The second-order valence-electron chi connectivity index (χ2n) is 9.70. The quantitative estimate of drug-likeness (QED) is 0.126. The van der Waals surface area contributed by atoms with Gasteiger partial charge in [0.15, 0.2) is 17.6 Å². The molecule has 0 radical (unpaired) electrons. The van der Waals surface area contributed by atoms with E-state index in [-0.39, 0.29) is 28.6 Å². The highest BCUT2D eigenvalue weighted by Gasteiger charge is 2.49. The number of phenols is 3. The first-order chi connectivity index (χ1) is 21.5. The van der Waals surface area contributed by atoms with Gasteiger partial charge in [0.05, 0.1) is 12.7 Å². The lowest BCUT2D eigenvalue weighted by atomic mass is 9.99. The average Bonchev–Trinajstić information content (AvgIpc) is 3.03. The molecule has 3 aromatic rings. The highest BCUT2D eigenvalue weighted by Crippen LogP contribution is 2.28. The van der Waals surface area contributed by atoms with Crippen molar-refractivity contribution in [2.45, 2.75) is 30.7 Å². The van der Waals surface area contributed by atoms with Gasteiger partial charge < -0.3 is 49.2 Å². The number of aromatic hydroxyl groups is 3. The Hall–Kier alpha value is -5.37. The van der Waals surface area contributed by atoms with Gasteiger partial charge in [-0.2, -0.15) is 0 Å². The Balaban J connectivity index is 1.47. The summed E-state index contributed by atoms with van der Waals surface area (Å²) in [6.07, 6.45) is -3.61. The number of methoxy groups -OCH3 is 1. The van der Waals surface area contributed by atoms with E-state index in [1.807, 2.05) is 0 Å². The monoisotopic (exact) mass is 622 g/mol. The molecule has 3 aromatic carbocycles. The van der Waals surface area contributed by atoms with Crippen molar-refractivity contribution in [2.75, 3.05) is 13.7 Å². The van der Waals surface area contributed by atoms with E-state index in [4.69, 9.17) is 23.7 Å². The summed E-state index contributed by atoms with van der Waals surface area (Å²) in [6, 6.07) is 15.3. The van der Waals surface area contributed by atoms with Crippen LogP contribution in [-0.2, 0) is 28.5 Å². The van der Waals surface area contributed by atoms with Crippen LogP contribution in [0.5, 0.6) is 23.0 Å². The molecule has 1 saturated heterocycles. The number of phenolic OH excluding ortho intramolecular Hbond substituents is 3. The van der Waals surface area contributed by atoms with Crippen molar-refractivity contribution in [1.29, 1.82) is 0 Å². The van der Waals surface area contributed by atoms with Crippen LogP contribution in [0.4, 0.5) is 0 Å². The Morgan fingerprint density at radius 3 is 2.04 bits per heavy atom. The van der Waals surface area contributed by atoms with Crippen LogP contribution in [0.25, 0.3) is 12.2 Å². The van der Waals surface area contributed by atoms with E-state index in [1.165, 1.54) is 73.9 Å². The van der Waals surface area contributed by atoms with E-state index in [9.17, 15) is 39.9 Å². The minimum absolute atomic E-state index is 0.00870. The summed E-state index contributed by atoms with van der Waals surface area (Å²) in [5, 5.41) is 50.3. The highest BCUT2D eigenvalue weighted by atomic mass is 16.7. The molecule has 5 atom stereocenters. The van der Waals surface area contributed by atoms with Crippen molar-refractivity contribution in [3.05, 3.63) is 95.6 Å². The number of rotatable bonds is 10. The molecule has 4 rings (SSSR count). The first-order valence-corrected chi connectivity index (χ1v) is 13.4. The van der Waals surface area contributed by atoms with Gasteiger partial charge in [-0.3, -0.25) is 0 Å². The average molecular weight is 623 g/mol. The van der Waals surface area contributed by atoms with Crippen LogP contribution in [0.15, 0.2) is 78.9 Å². The van der Waals surface area contributed by atoms with Gasteiger partial charge in [-0.1, -0.05) is 18.2 Å². The zero-order valence-electron chi connectivity index (χ0n) is 23.8. The topological polar surface area (TPSA) is 199 Å². The Kier molecular flexibility index (Phi) is 10.8. The predicted octanol–water partition coefficient (Wildman–Crippen LogP) is 2.30. The number of esters is 3. The van der Waals surface area contributed by atoms with E-state index < -0.39 is 55.2 Å². The molecular formula is C32H30O13. The van der Waals surface area contributed by atoms with Crippen LogP contribution in [0.1, 0.15) is 21.5 Å². The minimum atomic E-state index is -1.85. The highest BCUT2D eigenvalue weighted by molar-refractivity contribution is 5.90. The van der Waals surface area contributed by atoms with E-state index in [1.54, 1.807) is 12.1 Å². The Morgan fingerprint density at radius 2 is 1.38 bits per heavy atom. The maximum atomic E-state index is 12.8. The van der Waals surface area contributed by atoms with Crippen LogP contribution in [0.3, 0.4) is 0 Å². The SMILES string of the molecule is COc1cc(/C=C/C(=O)O[C@H]2[C@H](OC(=O)c3ccc(O)cc3)O[C@H](COC(=O)/C=C/c3ccc(O)cc3)[C@@H](O)[C@@H]2O)ccc1O. The van der Waals surface area contributed by atoms with E-state index >= 15 is 0 Å². The molecule has 0 saturated carbocycles. The first kappa shape index (κ1) is 32.5. The largest absolute Gasteiger partial charge is 0.508 e. The number of carbonyl (C=O) groups is 3. The zero-order chi connectivity index (χ0) is 32.5. The van der Waals surface area contributed by atoms with Crippen LogP contribution >= 0.6 is 0 Å². The Labute approximate surface area is 256 Å². The van der Waals surface area contributed by atoms with Crippen molar-refractivity contribution >= 4 is 30.1 Å². The zero-order valence-corrected chi connectivity index (χ0v) is 23.8. The van der Waals surface area contributed by atoms with Crippen LogP contribution in [0, 0.1) is 0 Å². The molecule has 13 nitrogen and oxygen atoms in total. The summed E-state index contributed by atoms with van der Waals surface area (Å²) in [4.78, 5) is 37.8. The summed E-state index contributed by atoms with van der Waals surface area (Å²) in [5.41, 5.74) is 1.04. The third kappa shape index (κ3) is 8.83.